The van der Waals surface area contributed by atoms with Crippen molar-refractivity contribution in [3.05, 3.63) is 47.8 Å². The molecule has 0 aliphatic rings. The lowest BCUT2D eigenvalue weighted by Gasteiger charge is -2.07. The average Bonchev–Trinajstić information content (AvgIpc) is 2.89. The molecule has 0 unspecified atom stereocenters. The van der Waals surface area contributed by atoms with Crippen molar-refractivity contribution in [2.24, 2.45) is 0 Å². The second-order valence-electron chi connectivity index (χ2n) is 4.21. The van der Waals surface area contributed by atoms with E-state index >= 15 is 0 Å². The van der Waals surface area contributed by atoms with Crippen molar-refractivity contribution in [2.45, 2.75) is 20.1 Å². The quantitative estimate of drug-likeness (QED) is 0.881. The highest BCUT2D eigenvalue weighted by atomic mass is 16.5. The van der Waals surface area contributed by atoms with Gasteiger partial charge in [-0.05, 0) is 12.5 Å². The fraction of sp³-hybridized carbons (Fsp3) is 0.214. The number of hydrogen-bond donors (Lipinski definition) is 2. The number of carbonyl (C=O) groups is 2. The summed E-state index contributed by atoms with van der Waals surface area (Å²) in [7, 11) is 0. The lowest BCUT2D eigenvalue weighted by molar-refractivity contribution is 0.0684. The molecule has 0 saturated heterocycles. The van der Waals surface area contributed by atoms with Gasteiger partial charge in [0.2, 0.25) is 0 Å². The van der Waals surface area contributed by atoms with E-state index in [0.29, 0.717) is 6.54 Å². The zero-order chi connectivity index (χ0) is 15.2. The summed E-state index contributed by atoms with van der Waals surface area (Å²) in [5.74, 6) is -1.16. The molecule has 0 spiro atoms. The molecule has 0 atom stereocenters. The number of rotatable bonds is 5. The van der Waals surface area contributed by atoms with Crippen LogP contribution in [0.1, 0.15) is 23.0 Å². The minimum Gasteiger partial charge on any atom is -0.476 e. The zero-order valence-corrected chi connectivity index (χ0v) is 11.4. The van der Waals surface area contributed by atoms with Gasteiger partial charge in [0.05, 0.1) is 11.9 Å². The van der Waals surface area contributed by atoms with Crippen LogP contribution in [0.15, 0.2) is 36.5 Å². The lowest BCUT2D eigenvalue weighted by Crippen LogP contribution is -2.17. The summed E-state index contributed by atoms with van der Waals surface area (Å²) in [5.41, 5.74) is 0.881. The maximum atomic E-state index is 11.7. The van der Waals surface area contributed by atoms with Gasteiger partial charge in [-0.1, -0.05) is 30.3 Å². The van der Waals surface area contributed by atoms with Crippen molar-refractivity contribution in [1.82, 2.24) is 9.78 Å². The molecule has 7 heteroatoms. The second-order valence-corrected chi connectivity index (χ2v) is 4.21. The molecule has 0 radical (unpaired) electrons. The van der Waals surface area contributed by atoms with Crippen LogP contribution in [-0.4, -0.2) is 26.9 Å². The van der Waals surface area contributed by atoms with Crippen molar-refractivity contribution in [2.75, 3.05) is 5.32 Å². The molecule has 1 amide bonds. The molecule has 2 N–H and O–H groups in total. The Morgan fingerprint density at radius 2 is 2.05 bits per heavy atom. The maximum absolute atomic E-state index is 11.7. The Bertz CT molecular complexity index is 637. The molecule has 21 heavy (non-hydrogen) atoms. The first-order valence-corrected chi connectivity index (χ1v) is 6.38. The van der Waals surface area contributed by atoms with Crippen LogP contribution >= 0.6 is 0 Å². The molecule has 1 aromatic carbocycles. The standard InChI is InChI=1S/C14H15N3O4/c1-2-17-12(13(18)19)11(8-15-17)16-14(20)21-9-10-6-4-3-5-7-10/h3-8H,2,9H2,1H3,(H,16,20)(H,18,19). The van der Waals surface area contributed by atoms with Gasteiger partial charge in [-0.15, -0.1) is 0 Å². The number of amides is 1. The summed E-state index contributed by atoms with van der Waals surface area (Å²) >= 11 is 0. The van der Waals surface area contributed by atoms with Gasteiger partial charge in [-0.3, -0.25) is 10.00 Å². The van der Waals surface area contributed by atoms with Crippen molar-refractivity contribution < 1.29 is 19.4 Å². The maximum Gasteiger partial charge on any atom is 0.412 e. The number of nitrogens with zero attached hydrogens (tertiary/aromatic N) is 2. The molecule has 2 aromatic rings. The van der Waals surface area contributed by atoms with E-state index in [-0.39, 0.29) is 18.0 Å². The first-order valence-electron chi connectivity index (χ1n) is 6.38. The molecular weight excluding hydrogens is 274 g/mol. The third-order valence-corrected chi connectivity index (χ3v) is 2.79. The van der Waals surface area contributed by atoms with Crippen LogP contribution in [0.3, 0.4) is 0 Å². The summed E-state index contributed by atoms with van der Waals surface area (Å²) in [6.07, 6.45) is 0.563. The topological polar surface area (TPSA) is 93.5 Å². The van der Waals surface area contributed by atoms with Crippen LogP contribution < -0.4 is 5.32 Å². The second kappa shape index (κ2) is 6.56. The fourth-order valence-electron chi connectivity index (χ4n) is 1.81. The number of carboxylic acid groups (broad SMARTS) is 1. The Kier molecular flexibility index (Phi) is 4.55. The van der Waals surface area contributed by atoms with E-state index in [2.05, 4.69) is 10.4 Å². The number of aryl methyl sites for hydroxylation is 1. The SMILES string of the molecule is CCn1ncc(NC(=O)OCc2ccccc2)c1C(=O)O. The van der Waals surface area contributed by atoms with Gasteiger partial charge in [0.15, 0.2) is 5.69 Å². The van der Waals surface area contributed by atoms with Gasteiger partial charge >= 0.3 is 12.1 Å². The number of hydrogen-bond acceptors (Lipinski definition) is 4. The molecule has 0 aliphatic carbocycles. The van der Waals surface area contributed by atoms with E-state index in [1.165, 1.54) is 10.9 Å². The van der Waals surface area contributed by atoms with Crippen molar-refractivity contribution in [1.29, 1.82) is 0 Å². The molecule has 7 nitrogen and oxygen atoms in total. The van der Waals surface area contributed by atoms with Gasteiger partial charge in [0.1, 0.15) is 6.61 Å². The average molecular weight is 289 g/mol. The minimum absolute atomic E-state index is 0.0749. The summed E-state index contributed by atoms with van der Waals surface area (Å²) in [6, 6.07) is 9.19. The summed E-state index contributed by atoms with van der Waals surface area (Å²) < 4.78 is 6.32. The smallest absolute Gasteiger partial charge is 0.412 e. The number of benzene rings is 1. The highest BCUT2D eigenvalue weighted by Crippen LogP contribution is 2.15. The molecule has 110 valence electrons. The van der Waals surface area contributed by atoms with E-state index in [1.807, 2.05) is 30.3 Å². The zero-order valence-electron chi connectivity index (χ0n) is 11.4. The molecular formula is C14H15N3O4. The van der Waals surface area contributed by atoms with Crippen LogP contribution in [0, 0.1) is 0 Å². The van der Waals surface area contributed by atoms with Crippen molar-refractivity contribution in [3.63, 3.8) is 0 Å². The van der Waals surface area contributed by atoms with Gasteiger partial charge in [0, 0.05) is 6.54 Å². The number of carboxylic acids is 1. The number of nitrogens with one attached hydrogen (secondary N) is 1. The number of aromatic nitrogens is 2. The van der Waals surface area contributed by atoms with Crippen LogP contribution in [0.5, 0.6) is 0 Å². The molecule has 0 saturated carbocycles. The Balaban J connectivity index is 2.00. The first kappa shape index (κ1) is 14.6. The van der Waals surface area contributed by atoms with Crippen LogP contribution in [0.25, 0.3) is 0 Å². The Morgan fingerprint density at radius 1 is 1.33 bits per heavy atom. The minimum atomic E-state index is -1.16. The fourth-order valence-corrected chi connectivity index (χ4v) is 1.81. The highest BCUT2D eigenvalue weighted by molar-refractivity contribution is 5.97. The Hall–Kier alpha value is -2.83. The monoisotopic (exact) mass is 289 g/mol. The lowest BCUT2D eigenvalue weighted by atomic mass is 10.2. The Labute approximate surface area is 121 Å². The van der Waals surface area contributed by atoms with Crippen LogP contribution in [0.2, 0.25) is 0 Å². The molecule has 0 aliphatic heterocycles. The predicted octanol–water partition coefficient (Wildman–Crippen LogP) is 2.35. The normalized spacial score (nSPS) is 10.1. The molecule has 1 aromatic heterocycles. The van der Waals surface area contributed by atoms with E-state index in [4.69, 9.17) is 9.84 Å². The highest BCUT2D eigenvalue weighted by Gasteiger charge is 2.19. The summed E-state index contributed by atoms with van der Waals surface area (Å²) in [5, 5.41) is 15.4. The van der Waals surface area contributed by atoms with E-state index in [0.717, 1.165) is 5.56 Å². The van der Waals surface area contributed by atoms with Gasteiger partial charge in [-0.25, -0.2) is 9.59 Å². The van der Waals surface area contributed by atoms with Crippen molar-refractivity contribution >= 4 is 17.7 Å². The molecule has 1 heterocycles. The van der Waals surface area contributed by atoms with Crippen molar-refractivity contribution in [3.8, 4) is 0 Å². The van der Waals surface area contributed by atoms with Gasteiger partial charge < -0.3 is 9.84 Å². The van der Waals surface area contributed by atoms with E-state index in [9.17, 15) is 9.59 Å². The third-order valence-electron chi connectivity index (χ3n) is 2.79. The number of carbonyl (C=O) groups excluding carboxylic acids is 1. The summed E-state index contributed by atoms with van der Waals surface area (Å²) in [4.78, 5) is 22.9. The Morgan fingerprint density at radius 3 is 2.67 bits per heavy atom. The molecule has 2 rings (SSSR count). The van der Waals surface area contributed by atoms with Gasteiger partial charge in [-0.2, -0.15) is 5.10 Å². The number of aromatic carboxylic acids is 1. The van der Waals surface area contributed by atoms with Gasteiger partial charge in [0.25, 0.3) is 0 Å². The largest absolute Gasteiger partial charge is 0.476 e. The molecule has 0 fully saturated rings. The van der Waals surface area contributed by atoms with Crippen LogP contribution in [0.4, 0.5) is 10.5 Å². The summed E-state index contributed by atoms with van der Waals surface area (Å²) in [6.45, 7) is 2.26. The predicted molar refractivity (Wildman–Crippen MR) is 75.1 cm³/mol. The van der Waals surface area contributed by atoms with E-state index in [1.54, 1.807) is 6.92 Å². The van der Waals surface area contributed by atoms with E-state index < -0.39 is 12.1 Å². The van der Waals surface area contributed by atoms with Crippen LogP contribution in [-0.2, 0) is 17.9 Å². The number of anilines is 1. The molecule has 0 bridgehead atoms. The third kappa shape index (κ3) is 3.59. The first-order chi connectivity index (χ1) is 10.1. The number of ether oxygens (including phenoxy) is 1.